The smallest absolute Gasteiger partial charge is 0.125 e. The molecule has 0 radical (unpaired) electrons. The van der Waals surface area contributed by atoms with Crippen LogP contribution >= 0.6 is 0 Å². The lowest BCUT2D eigenvalue weighted by atomic mass is 10.1. The number of hydrogen-bond acceptors (Lipinski definition) is 3. The minimum Gasteiger partial charge on any atom is -0.387 e. The van der Waals surface area contributed by atoms with Crippen molar-refractivity contribution >= 4 is 0 Å². The van der Waals surface area contributed by atoms with Gasteiger partial charge in [-0.1, -0.05) is 0 Å². The Morgan fingerprint density at radius 1 is 1.57 bits per heavy atom. The summed E-state index contributed by atoms with van der Waals surface area (Å²) < 4.78 is 0. The normalized spacial score (nSPS) is 11.6. The number of hydrogen-bond donors (Lipinski definition) is 1. The molecule has 1 rings (SSSR count). The number of aliphatic hydroxyl groups is 1. The molecule has 3 nitrogen and oxygen atoms in total. The summed E-state index contributed by atoms with van der Waals surface area (Å²) in [7, 11) is 0. The highest BCUT2D eigenvalue weighted by atomic mass is 16.3. The molecule has 14 heavy (non-hydrogen) atoms. The molecular weight excluding hydrogens is 176 g/mol. The molecule has 0 fully saturated rings. The second kappa shape index (κ2) is 5.36. The van der Waals surface area contributed by atoms with E-state index in [2.05, 4.69) is 21.8 Å². The second-order valence-electron chi connectivity index (χ2n) is 3.01. The predicted molar refractivity (Wildman–Crippen MR) is 54.4 cm³/mol. The van der Waals surface area contributed by atoms with Gasteiger partial charge in [-0.25, -0.2) is 9.97 Å². The molecule has 0 aliphatic rings. The highest BCUT2D eigenvalue weighted by molar-refractivity contribution is 5.06. The van der Waals surface area contributed by atoms with Gasteiger partial charge in [0, 0.05) is 12.6 Å². The topological polar surface area (TPSA) is 46.0 Å². The quantitative estimate of drug-likeness (QED) is 0.737. The Kier molecular flexibility index (Phi) is 4.09. The summed E-state index contributed by atoms with van der Waals surface area (Å²) in [5.74, 6) is 6.39. The summed E-state index contributed by atoms with van der Waals surface area (Å²) in [6, 6.07) is 1.73. The summed E-state index contributed by atoms with van der Waals surface area (Å²) in [5.41, 5.74) is 0.676. The molecule has 0 aliphatic heterocycles. The van der Waals surface area contributed by atoms with E-state index in [9.17, 15) is 5.11 Å². The monoisotopic (exact) mass is 190 g/mol. The first-order valence-corrected chi connectivity index (χ1v) is 4.61. The maximum Gasteiger partial charge on any atom is 0.125 e. The number of aromatic nitrogens is 2. The zero-order chi connectivity index (χ0) is 10.4. The Hall–Kier alpha value is -1.40. The molecule has 0 aromatic carbocycles. The lowest BCUT2D eigenvalue weighted by molar-refractivity contribution is 0.164. The van der Waals surface area contributed by atoms with Crippen LogP contribution in [0.3, 0.4) is 0 Å². The molecule has 1 unspecified atom stereocenters. The van der Waals surface area contributed by atoms with Gasteiger partial charge in [0.25, 0.3) is 0 Å². The van der Waals surface area contributed by atoms with Crippen LogP contribution in [0.1, 0.15) is 37.4 Å². The molecule has 0 amide bonds. The average Bonchev–Trinajstić information content (AvgIpc) is 2.18. The van der Waals surface area contributed by atoms with Crippen LogP contribution in [0.15, 0.2) is 12.3 Å². The van der Waals surface area contributed by atoms with Gasteiger partial charge >= 0.3 is 0 Å². The zero-order valence-corrected chi connectivity index (χ0v) is 8.49. The molecule has 0 spiro atoms. The van der Waals surface area contributed by atoms with Gasteiger partial charge in [0.2, 0.25) is 0 Å². The Morgan fingerprint density at radius 3 is 3.00 bits per heavy atom. The number of aliphatic hydroxyl groups excluding tert-OH is 1. The Bertz CT molecular complexity index is 352. The minimum atomic E-state index is -0.530. The van der Waals surface area contributed by atoms with Crippen molar-refractivity contribution in [3.63, 3.8) is 0 Å². The van der Waals surface area contributed by atoms with Crippen molar-refractivity contribution < 1.29 is 5.11 Å². The lowest BCUT2D eigenvalue weighted by Gasteiger charge is -2.07. The van der Waals surface area contributed by atoms with Gasteiger partial charge in [0.15, 0.2) is 0 Å². The Labute approximate surface area is 84.2 Å². The average molecular weight is 190 g/mol. The van der Waals surface area contributed by atoms with E-state index in [-0.39, 0.29) is 0 Å². The summed E-state index contributed by atoms with van der Waals surface area (Å²) in [6.07, 6.45) is 2.45. The zero-order valence-electron chi connectivity index (χ0n) is 8.49. The van der Waals surface area contributed by atoms with Crippen LogP contribution in [-0.2, 0) is 0 Å². The molecule has 1 N–H and O–H groups in total. The van der Waals surface area contributed by atoms with Gasteiger partial charge in [0.1, 0.15) is 5.82 Å². The van der Waals surface area contributed by atoms with Crippen molar-refractivity contribution in [2.75, 3.05) is 0 Å². The number of aryl methyl sites for hydroxylation is 1. The molecule has 1 aromatic rings. The molecule has 0 aliphatic carbocycles. The minimum absolute atomic E-state index is 0.530. The van der Waals surface area contributed by atoms with Crippen molar-refractivity contribution in [1.82, 2.24) is 9.97 Å². The van der Waals surface area contributed by atoms with Crippen LogP contribution < -0.4 is 0 Å². The van der Waals surface area contributed by atoms with Gasteiger partial charge in [-0.05, 0) is 26.3 Å². The molecule has 0 saturated heterocycles. The molecule has 3 heteroatoms. The van der Waals surface area contributed by atoms with E-state index in [0.29, 0.717) is 24.4 Å². The van der Waals surface area contributed by atoms with Gasteiger partial charge in [-0.2, -0.15) is 0 Å². The second-order valence-corrected chi connectivity index (χ2v) is 3.01. The van der Waals surface area contributed by atoms with Crippen LogP contribution in [-0.4, -0.2) is 15.1 Å². The molecule has 1 aromatic heterocycles. The summed E-state index contributed by atoms with van der Waals surface area (Å²) in [6.45, 7) is 3.60. The molecule has 1 heterocycles. The van der Waals surface area contributed by atoms with E-state index in [1.165, 1.54) is 0 Å². The predicted octanol–water partition coefficient (Wildman–Crippen LogP) is 1.62. The third-order valence-corrected chi connectivity index (χ3v) is 1.86. The van der Waals surface area contributed by atoms with Crippen molar-refractivity contribution in [3.05, 3.63) is 23.8 Å². The van der Waals surface area contributed by atoms with Gasteiger partial charge in [-0.3, -0.25) is 0 Å². The fourth-order valence-electron chi connectivity index (χ4n) is 1.14. The maximum atomic E-state index is 9.71. The van der Waals surface area contributed by atoms with Gasteiger partial charge < -0.3 is 5.11 Å². The standard InChI is InChI=1S/C11H14N2O/c1-3-4-5-6-11(14)10-7-8-12-9(2)13-10/h7-8,11,14H,5-6H2,1-2H3. The Balaban J connectivity index is 2.58. The van der Waals surface area contributed by atoms with E-state index >= 15 is 0 Å². The largest absolute Gasteiger partial charge is 0.387 e. The lowest BCUT2D eigenvalue weighted by Crippen LogP contribution is -2.02. The first-order chi connectivity index (χ1) is 6.74. The molecule has 74 valence electrons. The van der Waals surface area contributed by atoms with Crippen LogP contribution in [0.5, 0.6) is 0 Å². The number of rotatable bonds is 3. The highest BCUT2D eigenvalue weighted by Gasteiger charge is 2.07. The van der Waals surface area contributed by atoms with Crippen molar-refractivity contribution in [1.29, 1.82) is 0 Å². The van der Waals surface area contributed by atoms with Crippen LogP contribution in [0, 0.1) is 18.8 Å². The Morgan fingerprint density at radius 2 is 2.36 bits per heavy atom. The fraction of sp³-hybridized carbons (Fsp3) is 0.455. The molecule has 0 bridgehead atoms. The first kappa shape index (κ1) is 10.7. The summed E-state index contributed by atoms with van der Waals surface area (Å²) in [4.78, 5) is 8.11. The molecular formula is C11H14N2O. The third-order valence-electron chi connectivity index (χ3n) is 1.86. The van der Waals surface area contributed by atoms with E-state index in [1.54, 1.807) is 19.2 Å². The highest BCUT2D eigenvalue weighted by Crippen LogP contribution is 2.14. The summed E-state index contributed by atoms with van der Waals surface area (Å²) in [5, 5.41) is 9.71. The first-order valence-electron chi connectivity index (χ1n) is 4.61. The van der Waals surface area contributed by atoms with Crippen molar-refractivity contribution in [3.8, 4) is 11.8 Å². The van der Waals surface area contributed by atoms with Crippen molar-refractivity contribution in [2.24, 2.45) is 0 Å². The van der Waals surface area contributed by atoms with Crippen LogP contribution in [0.25, 0.3) is 0 Å². The molecule has 0 saturated carbocycles. The van der Waals surface area contributed by atoms with Crippen LogP contribution in [0.4, 0.5) is 0 Å². The third kappa shape index (κ3) is 3.15. The maximum absolute atomic E-state index is 9.71. The van der Waals surface area contributed by atoms with Gasteiger partial charge in [-0.15, -0.1) is 11.8 Å². The van der Waals surface area contributed by atoms with Crippen molar-refractivity contribution in [2.45, 2.75) is 32.8 Å². The van der Waals surface area contributed by atoms with Crippen LogP contribution in [0.2, 0.25) is 0 Å². The fourth-order valence-corrected chi connectivity index (χ4v) is 1.14. The van der Waals surface area contributed by atoms with E-state index in [1.807, 2.05) is 6.92 Å². The van der Waals surface area contributed by atoms with Gasteiger partial charge in [0.05, 0.1) is 11.8 Å². The van der Waals surface area contributed by atoms with E-state index in [4.69, 9.17) is 0 Å². The number of nitrogens with zero attached hydrogens (tertiary/aromatic N) is 2. The van der Waals surface area contributed by atoms with E-state index in [0.717, 1.165) is 0 Å². The summed E-state index contributed by atoms with van der Waals surface area (Å²) >= 11 is 0. The molecule has 1 atom stereocenters. The SMILES string of the molecule is CC#CCCC(O)c1ccnc(C)n1. The van der Waals surface area contributed by atoms with E-state index < -0.39 is 6.10 Å².